The van der Waals surface area contributed by atoms with Gasteiger partial charge in [0, 0.05) is 38.2 Å². The smallest absolute Gasteiger partial charge is 0.246 e. The van der Waals surface area contributed by atoms with Crippen molar-refractivity contribution in [3.8, 4) is 0 Å². The zero-order chi connectivity index (χ0) is 16.5. The predicted octanol–water partition coefficient (Wildman–Crippen LogP) is 2.98. The molecular formula is C20H30N2O2. The second kappa shape index (κ2) is 6.89. The minimum Gasteiger partial charge on any atom is -0.339 e. The first-order valence-electron chi connectivity index (χ1n) is 10.0. The molecule has 4 heteroatoms. The Hall–Kier alpha value is -1.32. The maximum Gasteiger partial charge on any atom is 0.246 e. The third-order valence-electron chi connectivity index (χ3n) is 6.25. The molecule has 4 aliphatic rings. The van der Waals surface area contributed by atoms with E-state index < -0.39 is 0 Å². The van der Waals surface area contributed by atoms with Gasteiger partial charge in [-0.3, -0.25) is 9.59 Å². The lowest BCUT2D eigenvalue weighted by Gasteiger charge is -2.37. The van der Waals surface area contributed by atoms with Gasteiger partial charge in [0.1, 0.15) is 0 Å². The highest BCUT2D eigenvalue weighted by Crippen LogP contribution is 2.48. The molecule has 0 N–H and O–H groups in total. The van der Waals surface area contributed by atoms with Crippen molar-refractivity contribution in [1.29, 1.82) is 0 Å². The Bertz CT molecular complexity index is 506. The molecule has 0 atom stereocenters. The number of rotatable bonds is 4. The van der Waals surface area contributed by atoms with Crippen LogP contribution in [0.3, 0.4) is 0 Å². The fourth-order valence-corrected chi connectivity index (χ4v) is 4.39. The molecule has 24 heavy (non-hydrogen) atoms. The molecule has 0 spiro atoms. The number of piperazine rings is 1. The van der Waals surface area contributed by atoms with Gasteiger partial charge in [0.25, 0.3) is 0 Å². The molecule has 1 saturated heterocycles. The number of hydrogen-bond acceptors (Lipinski definition) is 2. The molecule has 4 nitrogen and oxygen atoms in total. The maximum atomic E-state index is 12.6. The zero-order valence-electron chi connectivity index (χ0n) is 14.7. The minimum atomic E-state index is 0.188. The number of carbonyl (C=O) groups is 2. The van der Waals surface area contributed by atoms with E-state index in [9.17, 15) is 9.59 Å². The Balaban J connectivity index is 1.30. The van der Waals surface area contributed by atoms with Crippen LogP contribution in [0.5, 0.6) is 0 Å². The second-order valence-corrected chi connectivity index (χ2v) is 8.18. The van der Waals surface area contributed by atoms with Crippen LogP contribution in [0.4, 0.5) is 0 Å². The highest BCUT2D eigenvalue weighted by Gasteiger charge is 2.37. The van der Waals surface area contributed by atoms with E-state index in [4.69, 9.17) is 0 Å². The minimum absolute atomic E-state index is 0.188. The molecule has 132 valence electrons. The van der Waals surface area contributed by atoms with E-state index in [1.54, 1.807) is 0 Å². The Morgan fingerprint density at radius 1 is 0.667 bits per heavy atom. The Kier molecular flexibility index (Phi) is 4.64. The number of carbonyl (C=O) groups excluding carboxylic acids is 2. The lowest BCUT2D eigenvalue weighted by atomic mass is 9.88. The molecule has 0 radical (unpaired) electrons. The van der Waals surface area contributed by atoms with Gasteiger partial charge in [-0.2, -0.15) is 0 Å². The van der Waals surface area contributed by atoms with Gasteiger partial charge in [-0.05, 0) is 50.4 Å². The summed E-state index contributed by atoms with van der Waals surface area (Å²) in [6.07, 6.45) is 12.9. The number of allylic oxidation sites excluding steroid dienone is 1. The molecule has 2 amide bonds. The lowest BCUT2D eigenvalue weighted by molar-refractivity contribution is -0.141. The summed E-state index contributed by atoms with van der Waals surface area (Å²) in [4.78, 5) is 29.2. The first-order valence-corrected chi connectivity index (χ1v) is 10.0. The number of amides is 2. The van der Waals surface area contributed by atoms with Crippen molar-refractivity contribution in [3.63, 3.8) is 0 Å². The van der Waals surface area contributed by atoms with Crippen LogP contribution < -0.4 is 0 Å². The molecule has 4 rings (SSSR count). The Labute approximate surface area is 145 Å². The molecule has 1 aliphatic heterocycles. The highest BCUT2D eigenvalue weighted by molar-refractivity contribution is 5.89. The van der Waals surface area contributed by atoms with Crippen LogP contribution in [0.25, 0.3) is 0 Å². The largest absolute Gasteiger partial charge is 0.339 e. The van der Waals surface area contributed by atoms with Crippen molar-refractivity contribution in [2.45, 2.75) is 57.8 Å². The van der Waals surface area contributed by atoms with Gasteiger partial charge >= 0.3 is 0 Å². The van der Waals surface area contributed by atoms with Gasteiger partial charge in [-0.1, -0.05) is 24.8 Å². The summed E-state index contributed by atoms with van der Waals surface area (Å²) in [5.74, 6) is 2.19. The third-order valence-corrected chi connectivity index (χ3v) is 6.25. The summed E-state index contributed by atoms with van der Waals surface area (Å²) in [6, 6.07) is 0. The van der Waals surface area contributed by atoms with Crippen LogP contribution in [0.2, 0.25) is 0 Å². The summed E-state index contributed by atoms with van der Waals surface area (Å²) < 4.78 is 0. The van der Waals surface area contributed by atoms with Crippen molar-refractivity contribution >= 4 is 11.8 Å². The van der Waals surface area contributed by atoms with Crippen LogP contribution in [0, 0.1) is 17.8 Å². The standard InChI is InChI=1S/C20H30N2O2/c23-19(14-18(15-6-7-15)16-8-9-16)21-10-12-22(13-11-21)20(24)17-4-2-1-3-5-17/h14-17H,1-13H2. The zero-order valence-corrected chi connectivity index (χ0v) is 14.7. The molecule has 0 unspecified atom stereocenters. The van der Waals surface area contributed by atoms with Crippen molar-refractivity contribution in [2.24, 2.45) is 17.8 Å². The molecule has 1 heterocycles. The molecule has 0 aromatic rings. The van der Waals surface area contributed by atoms with Gasteiger partial charge in [0.2, 0.25) is 11.8 Å². The third kappa shape index (κ3) is 3.68. The normalized spacial score (nSPS) is 25.5. The summed E-state index contributed by atoms with van der Waals surface area (Å²) >= 11 is 0. The van der Waals surface area contributed by atoms with Crippen molar-refractivity contribution in [1.82, 2.24) is 9.80 Å². The van der Waals surface area contributed by atoms with Gasteiger partial charge in [-0.15, -0.1) is 0 Å². The van der Waals surface area contributed by atoms with Crippen molar-refractivity contribution in [3.05, 3.63) is 11.6 Å². The average Bonchev–Trinajstić information content (AvgIpc) is 3.53. The van der Waals surface area contributed by atoms with Crippen LogP contribution in [-0.4, -0.2) is 47.8 Å². The van der Waals surface area contributed by atoms with Crippen LogP contribution in [-0.2, 0) is 9.59 Å². The summed E-state index contributed by atoms with van der Waals surface area (Å²) in [5, 5.41) is 0. The fourth-order valence-electron chi connectivity index (χ4n) is 4.39. The SMILES string of the molecule is O=C(C=C(C1CC1)C1CC1)N1CCN(C(=O)C2CCCCC2)CC1. The molecule has 0 aromatic heterocycles. The van der Waals surface area contributed by atoms with Gasteiger partial charge in [0.05, 0.1) is 0 Å². The van der Waals surface area contributed by atoms with E-state index in [-0.39, 0.29) is 11.8 Å². The molecule has 4 fully saturated rings. The maximum absolute atomic E-state index is 12.6. The summed E-state index contributed by atoms with van der Waals surface area (Å²) in [6.45, 7) is 2.85. The number of nitrogens with zero attached hydrogens (tertiary/aromatic N) is 2. The summed E-state index contributed by atoms with van der Waals surface area (Å²) in [7, 11) is 0. The molecule has 0 aromatic carbocycles. The number of hydrogen-bond donors (Lipinski definition) is 0. The van der Waals surface area contributed by atoms with E-state index >= 15 is 0 Å². The topological polar surface area (TPSA) is 40.6 Å². The molecule has 3 saturated carbocycles. The lowest BCUT2D eigenvalue weighted by Crippen LogP contribution is -2.51. The fraction of sp³-hybridized carbons (Fsp3) is 0.800. The second-order valence-electron chi connectivity index (χ2n) is 8.18. The predicted molar refractivity (Wildman–Crippen MR) is 93.3 cm³/mol. The van der Waals surface area contributed by atoms with Gasteiger partial charge < -0.3 is 9.80 Å². The Morgan fingerprint density at radius 2 is 1.21 bits per heavy atom. The molecule has 3 aliphatic carbocycles. The Morgan fingerprint density at radius 3 is 1.75 bits per heavy atom. The van der Waals surface area contributed by atoms with Gasteiger partial charge in [-0.25, -0.2) is 0 Å². The van der Waals surface area contributed by atoms with Crippen LogP contribution in [0.1, 0.15) is 57.8 Å². The first kappa shape index (κ1) is 16.2. The van der Waals surface area contributed by atoms with E-state index in [2.05, 4.69) is 0 Å². The van der Waals surface area contributed by atoms with E-state index in [1.165, 1.54) is 50.5 Å². The van der Waals surface area contributed by atoms with E-state index in [1.807, 2.05) is 15.9 Å². The monoisotopic (exact) mass is 330 g/mol. The highest BCUT2D eigenvalue weighted by atomic mass is 16.2. The van der Waals surface area contributed by atoms with Crippen molar-refractivity contribution in [2.75, 3.05) is 26.2 Å². The van der Waals surface area contributed by atoms with Crippen LogP contribution >= 0.6 is 0 Å². The van der Waals surface area contributed by atoms with E-state index in [0.717, 1.165) is 25.9 Å². The molecular weight excluding hydrogens is 300 g/mol. The average molecular weight is 330 g/mol. The van der Waals surface area contributed by atoms with E-state index in [0.29, 0.717) is 30.8 Å². The summed E-state index contributed by atoms with van der Waals surface area (Å²) in [5.41, 5.74) is 1.43. The van der Waals surface area contributed by atoms with Crippen LogP contribution in [0.15, 0.2) is 11.6 Å². The first-order chi connectivity index (χ1) is 11.7. The van der Waals surface area contributed by atoms with Gasteiger partial charge in [0.15, 0.2) is 0 Å². The van der Waals surface area contributed by atoms with Crippen molar-refractivity contribution < 1.29 is 9.59 Å². The molecule has 0 bridgehead atoms. The quantitative estimate of drug-likeness (QED) is 0.744.